The van der Waals surface area contributed by atoms with Gasteiger partial charge >= 0.3 is 0 Å². The highest BCUT2D eigenvalue weighted by Gasteiger charge is 2.25. The predicted molar refractivity (Wildman–Crippen MR) is 88.4 cm³/mol. The van der Waals surface area contributed by atoms with Crippen molar-refractivity contribution in [3.8, 4) is 0 Å². The summed E-state index contributed by atoms with van der Waals surface area (Å²) < 4.78 is 1.03. The van der Waals surface area contributed by atoms with E-state index >= 15 is 0 Å². The first kappa shape index (κ1) is 15.7. The number of aromatic nitrogens is 2. The molecule has 1 aromatic rings. The molecule has 1 aliphatic carbocycles. The normalized spacial score (nSPS) is 23.1. The number of rotatable bonds is 4. The van der Waals surface area contributed by atoms with E-state index in [9.17, 15) is 0 Å². The fraction of sp³-hybridized carbons (Fsp3) is 0.750. The molecule has 4 heteroatoms. The van der Waals surface area contributed by atoms with Crippen LogP contribution in [0.25, 0.3) is 0 Å². The van der Waals surface area contributed by atoms with Gasteiger partial charge in [0, 0.05) is 12.5 Å². The Kier molecular flexibility index (Phi) is 5.42. The number of nitrogens with one attached hydrogen (secondary N) is 1. The van der Waals surface area contributed by atoms with Crippen LogP contribution in [0.15, 0.2) is 4.47 Å². The first-order valence-electron chi connectivity index (χ1n) is 7.84. The molecule has 0 saturated heterocycles. The van der Waals surface area contributed by atoms with Gasteiger partial charge in [-0.2, -0.15) is 0 Å². The molecule has 0 bridgehead atoms. The third-order valence-corrected chi connectivity index (χ3v) is 4.87. The van der Waals surface area contributed by atoms with Gasteiger partial charge < -0.3 is 5.32 Å². The summed E-state index contributed by atoms with van der Waals surface area (Å²) >= 11 is 3.67. The number of anilines is 1. The van der Waals surface area contributed by atoms with Crippen LogP contribution in [0, 0.1) is 5.92 Å². The van der Waals surface area contributed by atoms with Crippen molar-refractivity contribution in [3.63, 3.8) is 0 Å². The van der Waals surface area contributed by atoms with Crippen molar-refractivity contribution < 1.29 is 0 Å². The molecule has 112 valence electrons. The lowest BCUT2D eigenvalue weighted by Gasteiger charge is -2.26. The molecule has 0 aliphatic heterocycles. The Bertz CT molecular complexity index is 459. The minimum absolute atomic E-state index is 0.407. The van der Waals surface area contributed by atoms with Gasteiger partial charge in [-0.25, -0.2) is 9.97 Å². The number of nitrogens with zero attached hydrogens (tertiary/aromatic N) is 2. The summed E-state index contributed by atoms with van der Waals surface area (Å²) in [5.74, 6) is 3.73. The second kappa shape index (κ2) is 6.88. The molecule has 0 spiro atoms. The SMILES string of the molecule is CCNc1nc(C2CCCC(C)C2)nc(C(C)C)c1Br. The Morgan fingerprint density at radius 3 is 2.65 bits per heavy atom. The minimum Gasteiger partial charge on any atom is -0.369 e. The average Bonchev–Trinajstić information content (AvgIpc) is 2.41. The highest BCUT2D eigenvalue weighted by Crippen LogP contribution is 2.37. The summed E-state index contributed by atoms with van der Waals surface area (Å²) in [5.41, 5.74) is 1.13. The summed E-state index contributed by atoms with van der Waals surface area (Å²) in [7, 11) is 0. The van der Waals surface area contributed by atoms with E-state index in [0.717, 1.165) is 34.3 Å². The monoisotopic (exact) mass is 339 g/mol. The zero-order chi connectivity index (χ0) is 14.7. The van der Waals surface area contributed by atoms with Gasteiger partial charge in [0.2, 0.25) is 0 Å². The van der Waals surface area contributed by atoms with Crippen molar-refractivity contribution in [3.05, 3.63) is 16.0 Å². The molecular formula is C16H26BrN3. The van der Waals surface area contributed by atoms with Crippen LogP contribution in [-0.2, 0) is 0 Å². The first-order valence-corrected chi connectivity index (χ1v) is 8.63. The van der Waals surface area contributed by atoms with E-state index in [1.807, 2.05) is 0 Å². The minimum atomic E-state index is 0.407. The van der Waals surface area contributed by atoms with E-state index < -0.39 is 0 Å². The average molecular weight is 340 g/mol. The lowest BCUT2D eigenvalue weighted by atomic mass is 9.82. The Balaban J connectivity index is 2.36. The molecule has 1 heterocycles. The third-order valence-electron chi connectivity index (χ3n) is 4.09. The van der Waals surface area contributed by atoms with Crippen LogP contribution in [0.1, 0.15) is 76.7 Å². The molecule has 1 fully saturated rings. The van der Waals surface area contributed by atoms with Gasteiger partial charge in [0.05, 0.1) is 10.2 Å². The third kappa shape index (κ3) is 3.51. The van der Waals surface area contributed by atoms with Gasteiger partial charge in [-0.1, -0.05) is 33.6 Å². The van der Waals surface area contributed by atoms with Crippen LogP contribution < -0.4 is 5.32 Å². The maximum absolute atomic E-state index is 4.87. The van der Waals surface area contributed by atoms with E-state index in [1.165, 1.54) is 25.7 Å². The number of halogens is 1. The molecule has 1 aromatic heterocycles. The molecule has 2 atom stereocenters. The summed E-state index contributed by atoms with van der Waals surface area (Å²) in [5, 5.41) is 3.36. The van der Waals surface area contributed by atoms with Crippen LogP contribution in [0.4, 0.5) is 5.82 Å². The number of hydrogen-bond acceptors (Lipinski definition) is 3. The van der Waals surface area contributed by atoms with Crippen LogP contribution >= 0.6 is 15.9 Å². The maximum atomic E-state index is 4.87. The van der Waals surface area contributed by atoms with E-state index in [1.54, 1.807) is 0 Å². The smallest absolute Gasteiger partial charge is 0.144 e. The molecule has 1 aliphatic rings. The largest absolute Gasteiger partial charge is 0.369 e. The van der Waals surface area contributed by atoms with Crippen molar-refractivity contribution in [2.24, 2.45) is 5.92 Å². The molecule has 0 radical (unpaired) electrons. The maximum Gasteiger partial charge on any atom is 0.144 e. The highest BCUT2D eigenvalue weighted by atomic mass is 79.9. The molecule has 2 rings (SSSR count). The molecule has 3 nitrogen and oxygen atoms in total. The first-order chi connectivity index (χ1) is 9.52. The second-order valence-corrected chi connectivity index (χ2v) is 7.08. The lowest BCUT2D eigenvalue weighted by Crippen LogP contribution is -2.17. The van der Waals surface area contributed by atoms with Gasteiger partial charge in [0.15, 0.2) is 0 Å². The topological polar surface area (TPSA) is 37.8 Å². The molecule has 20 heavy (non-hydrogen) atoms. The second-order valence-electron chi connectivity index (χ2n) is 6.28. The van der Waals surface area contributed by atoms with Crippen molar-refractivity contribution in [1.29, 1.82) is 0 Å². The van der Waals surface area contributed by atoms with Crippen molar-refractivity contribution in [2.45, 2.75) is 65.2 Å². The fourth-order valence-corrected chi connectivity index (χ4v) is 3.78. The molecule has 1 N–H and O–H groups in total. The lowest BCUT2D eigenvalue weighted by molar-refractivity contribution is 0.334. The summed E-state index contributed by atoms with van der Waals surface area (Å²) in [6.07, 6.45) is 5.11. The van der Waals surface area contributed by atoms with E-state index in [2.05, 4.69) is 48.9 Å². The summed E-state index contributed by atoms with van der Waals surface area (Å²) in [6, 6.07) is 0. The standard InChI is InChI=1S/C16H26BrN3/c1-5-18-16-13(17)14(10(2)3)19-15(20-16)12-8-6-7-11(4)9-12/h10-12H,5-9H2,1-4H3,(H,18,19,20). The zero-order valence-electron chi connectivity index (χ0n) is 13.0. The number of hydrogen-bond donors (Lipinski definition) is 1. The Morgan fingerprint density at radius 1 is 1.30 bits per heavy atom. The molecule has 2 unspecified atom stereocenters. The van der Waals surface area contributed by atoms with Crippen molar-refractivity contribution in [2.75, 3.05) is 11.9 Å². The van der Waals surface area contributed by atoms with Crippen molar-refractivity contribution in [1.82, 2.24) is 9.97 Å². The Morgan fingerprint density at radius 2 is 2.05 bits per heavy atom. The van der Waals surface area contributed by atoms with E-state index in [-0.39, 0.29) is 0 Å². The van der Waals surface area contributed by atoms with Crippen LogP contribution in [0.2, 0.25) is 0 Å². The summed E-state index contributed by atoms with van der Waals surface area (Å²) in [6.45, 7) is 9.71. The predicted octanol–water partition coefficient (Wildman–Crippen LogP) is 5.09. The van der Waals surface area contributed by atoms with E-state index in [0.29, 0.717) is 11.8 Å². The Labute approximate surface area is 131 Å². The van der Waals surface area contributed by atoms with Crippen molar-refractivity contribution >= 4 is 21.7 Å². The Hall–Kier alpha value is -0.640. The van der Waals surface area contributed by atoms with Gasteiger partial charge in [-0.3, -0.25) is 0 Å². The highest BCUT2D eigenvalue weighted by molar-refractivity contribution is 9.10. The quantitative estimate of drug-likeness (QED) is 0.830. The van der Waals surface area contributed by atoms with E-state index in [4.69, 9.17) is 9.97 Å². The van der Waals surface area contributed by atoms with Crippen LogP contribution in [0.3, 0.4) is 0 Å². The molecule has 0 aromatic carbocycles. The summed E-state index contributed by atoms with van der Waals surface area (Å²) in [4.78, 5) is 9.67. The van der Waals surface area contributed by atoms with Gasteiger partial charge in [0.1, 0.15) is 11.6 Å². The molecular weight excluding hydrogens is 314 g/mol. The van der Waals surface area contributed by atoms with Gasteiger partial charge in [-0.05, 0) is 47.5 Å². The van der Waals surface area contributed by atoms with Gasteiger partial charge in [0.25, 0.3) is 0 Å². The van der Waals surface area contributed by atoms with Gasteiger partial charge in [-0.15, -0.1) is 0 Å². The molecule has 1 saturated carbocycles. The zero-order valence-corrected chi connectivity index (χ0v) is 14.6. The van der Waals surface area contributed by atoms with Crippen LogP contribution in [-0.4, -0.2) is 16.5 Å². The molecule has 0 amide bonds. The fourth-order valence-electron chi connectivity index (χ4n) is 3.00. The van der Waals surface area contributed by atoms with Crippen LogP contribution in [0.5, 0.6) is 0 Å².